The minimum Gasteiger partial charge on any atom is -0.0616 e. The van der Waals surface area contributed by atoms with E-state index >= 15 is 0 Å². The molecule has 0 spiro atoms. The van der Waals surface area contributed by atoms with Gasteiger partial charge in [0.2, 0.25) is 0 Å². The Morgan fingerprint density at radius 2 is 0.725 bits per heavy atom. The van der Waals surface area contributed by atoms with Crippen molar-refractivity contribution in [1.82, 2.24) is 0 Å². The summed E-state index contributed by atoms with van der Waals surface area (Å²) >= 11 is 0. The Kier molecular flexibility index (Phi) is 5.82. The van der Waals surface area contributed by atoms with Gasteiger partial charge in [0.15, 0.2) is 0 Å². The molecule has 0 atom stereocenters. The van der Waals surface area contributed by atoms with Gasteiger partial charge in [-0.2, -0.15) is 0 Å². The van der Waals surface area contributed by atoms with Gasteiger partial charge in [-0.3, -0.25) is 0 Å². The van der Waals surface area contributed by atoms with E-state index in [1.54, 1.807) is 0 Å². The summed E-state index contributed by atoms with van der Waals surface area (Å²) in [5.74, 6) is 0. The molecule has 10 aromatic rings. The Morgan fingerprint density at radius 1 is 0.294 bits per heavy atom. The van der Waals surface area contributed by atoms with Gasteiger partial charge < -0.3 is 0 Å². The van der Waals surface area contributed by atoms with Crippen LogP contribution in [-0.4, -0.2) is 0 Å². The van der Waals surface area contributed by atoms with Crippen molar-refractivity contribution in [3.8, 4) is 33.4 Å². The third-order valence-electron chi connectivity index (χ3n) is 11.8. The Balaban J connectivity index is 1.25. The lowest BCUT2D eigenvalue weighted by Crippen LogP contribution is -2.17. The molecule has 0 saturated heterocycles. The Bertz CT molecular complexity index is 3050. The van der Waals surface area contributed by atoms with Crippen LogP contribution in [0, 0.1) is 0 Å². The fraction of sp³-hybridized carbons (Fsp3) is 0.0588. The molecule has 0 aliphatic heterocycles. The van der Waals surface area contributed by atoms with E-state index in [-0.39, 0.29) is 5.41 Å². The molecule has 10 aromatic carbocycles. The first kappa shape index (κ1) is 28.6. The van der Waals surface area contributed by atoms with E-state index in [0.717, 1.165) is 0 Å². The highest BCUT2D eigenvalue weighted by Gasteiger charge is 2.40. The third-order valence-corrected chi connectivity index (χ3v) is 11.8. The van der Waals surface area contributed by atoms with E-state index in [9.17, 15) is 0 Å². The second-order valence-corrected chi connectivity index (χ2v) is 14.8. The molecule has 11 rings (SSSR count). The largest absolute Gasteiger partial charge is 0.0616 e. The standard InChI is InChI=1S/C51H34/c1-51(2)49-43(24-13-25-44(49)48-37-18-7-5-16-35(37)36-17-6-12-23-42(36)50(48)51)47-40-21-10-8-19-38(40)46(39-20-9-11-22-41(39)47)33-29-28-32-27-26-31-14-3-4-15-34(31)45(32)30-33/h3-30H,1-2H3. The maximum atomic E-state index is 2.44. The summed E-state index contributed by atoms with van der Waals surface area (Å²) in [6, 6.07) is 63.5. The lowest BCUT2D eigenvalue weighted by Gasteiger charge is -2.27. The fourth-order valence-electron chi connectivity index (χ4n) is 9.72. The molecular formula is C51H34. The Labute approximate surface area is 297 Å². The maximum Gasteiger partial charge on any atom is 0.0171 e. The molecule has 0 amide bonds. The van der Waals surface area contributed by atoms with Gasteiger partial charge in [-0.15, -0.1) is 0 Å². The molecule has 0 heterocycles. The first-order valence-electron chi connectivity index (χ1n) is 18.0. The predicted octanol–water partition coefficient (Wildman–Crippen LogP) is 14.2. The van der Waals surface area contributed by atoms with Gasteiger partial charge in [-0.25, -0.2) is 0 Å². The van der Waals surface area contributed by atoms with Crippen LogP contribution in [-0.2, 0) is 5.41 Å². The zero-order valence-electron chi connectivity index (χ0n) is 28.7. The van der Waals surface area contributed by atoms with Crippen molar-refractivity contribution in [2.75, 3.05) is 0 Å². The summed E-state index contributed by atoms with van der Waals surface area (Å²) in [7, 11) is 0. The molecular weight excluding hydrogens is 613 g/mol. The van der Waals surface area contributed by atoms with E-state index in [4.69, 9.17) is 0 Å². The molecule has 0 fully saturated rings. The van der Waals surface area contributed by atoms with Crippen LogP contribution in [0.1, 0.15) is 25.0 Å². The topological polar surface area (TPSA) is 0 Å². The van der Waals surface area contributed by atoms with Crippen LogP contribution < -0.4 is 0 Å². The van der Waals surface area contributed by atoms with Gasteiger partial charge >= 0.3 is 0 Å². The first-order chi connectivity index (χ1) is 25.1. The third kappa shape index (κ3) is 3.85. The van der Waals surface area contributed by atoms with Crippen LogP contribution in [0.2, 0.25) is 0 Å². The molecule has 51 heavy (non-hydrogen) atoms. The summed E-state index contributed by atoms with van der Waals surface area (Å²) < 4.78 is 0. The summed E-state index contributed by atoms with van der Waals surface area (Å²) in [6.45, 7) is 4.89. The van der Waals surface area contributed by atoms with Gasteiger partial charge in [0, 0.05) is 5.41 Å². The van der Waals surface area contributed by atoms with E-state index < -0.39 is 0 Å². The highest BCUT2D eigenvalue weighted by atomic mass is 14.4. The molecule has 0 saturated carbocycles. The van der Waals surface area contributed by atoms with Crippen molar-refractivity contribution in [2.45, 2.75) is 19.3 Å². The van der Waals surface area contributed by atoms with Gasteiger partial charge in [0.05, 0.1) is 0 Å². The first-order valence-corrected chi connectivity index (χ1v) is 18.0. The highest BCUT2D eigenvalue weighted by Crippen LogP contribution is 2.58. The van der Waals surface area contributed by atoms with Crippen LogP contribution in [0.3, 0.4) is 0 Å². The normalized spacial score (nSPS) is 13.5. The van der Waals surface area contributed by atoms with Crippen molar-refractivity contribution in [3.05, 3.63) is 181 Å². The van der Waals surface area contributed by atoms with E-state index in [2.05, 4.69) is 184 Å². The molecule has 0 aromatic heterocycles. The summed E-state index contributed by atoms with van der Waals surface area (Å²) in [5, 5.41) is 15.6. The second kappa shape index (κ2) is 10.4. The highest BCUT2D eigenvalue weighted by molar-refractivity contribution is 6.24. The summed E-state index contributed by atoms with van der Waals surface area (Å²) in [4.78, 5) is 0. The quantitative estimate of drug-likeness (QED) is 0.129. The molecule has 1 aliphatic rings. The molecule has 238 valence electrons. The molecule has 0 N–H and O–H groups in total. The van der Waals surface area contributed by atoms with Crippen LogP contribution in [0.15, 0.2) is 170 Å². The van der Waals surface area contributed by atoms with Gasteiger partial charge in [-0.05, 0) is 115 Å². The lowest BCUT2D eigenvalue weighted by atomic mass is 9.75. The van der Waals surface area contributed by atoms with Crippen molar-refractivity contribution >= 4 is 64.6 Å². The summed E-state index contributed by atoms with van der Waals surface area (Å²) in [5.41, 5.74) is 10.6. The van der Waals surface area contributed by atoms with Crippen LogP contribution in [0.5, 0.6) is 0 Å². The number of hydrogen-bond acceptors (Lipinski definition) is 0. The van der Waals surface area contributed by atoms with Crippen molar-refractivity contribution < 1.29 is 0 Å². The van der Waals surface area contributed by atoms with E-state index in [1.807, 2.05) is 0 Å². The number of rotatable bonds is 2. The zero-order chi connectivity index (χ0) is 33.8. The van der Waals surface area contributed by atoms with Crippen molar-refractivity contribution in [1.29, 1.82) is 0 Å². The SMILES string of the molecule is CC1(C)c2c(-c3c4ccccc4c(-c4ccc5ccc6ccccc6c5c4)c4ccccc34)cccc2-c2c1c1ccccc1c1ccccc21. The lowest BCUT2D eigenvalue weighted by molar-refractivity contribution is 0.668. The van der Waals surface area contributed by atoms with Crippen LogP contribution >= 0.6 is 0 Å². The van der Waals surface area contributed by atoms with Crippen molar-refractivity contribution in [3.63, 3.8) is 0 Å². The van der Waals surface area contributed by atoms with E-state index in [0.29, 0.717) is 0 Å². The molecule has 1 aliphatic carbocycles. The monoisotopic (exact) mass is 646 g/mol. The number of hydrogen-bond donors (Lipinski definition) is 0. The maximum absolute atomic E-state index is 2.44. The fourth-order valence-corrected chi connectivity index (χ4v) is 9.72. The van der Waals surface area contributed by atoms with Crippen molar-refractivity contribution in [2.24, 2.45) is 0 Å². The molecule has 0 radical (unpaired) electrons. The molecule has 0 bridgehead atoms. The molecule has 0 unspecified atom stereocenters. The average molecular weight is 647 g/mol. The predicted molar refractivity (Wildman–Crippen MR) is 220 cm³/mol. The Morgan fingerprint density at radius 3 is 1.35 bits per heavy atom. The smallest absolute Gasteiger partial charge is 0.0171 e. The molecule has 0 nitrogen and oxygen atoms in total. The number of benzene rings is 10. The van der Waals surface area contributed by atoms with E-state index in [1.165, 1.54) is 109 Å². The average Bonchev–Trinajstić information content (AvgIpc) is 3.44. The summed E-state index contributed by atoms with van der Waals surface area (Å²) in [6.07, 6.45) is 0. The Hall–Kier alpha value is -6.24. The zero-order valence-corrected chi connectivity index (χ0v) is 28.7. The number of fused-ring (bicyclic) bond motifs is 13. The van der Waals surface area contributed by atoms with Crippen LogP contribution in [0.4, 0.5) is 0 Å². The van der Waals surface area contributed by atoms with Gasteiger partial charge in [0.1, 0.15) is 0 Å². The van der Waals surface area contributed by atoms with Crippen LogP contribution in [0.25, 0.3) is 98.0 Å². The van der Waals surface area contributed by atoms with Gasteiger partial charge in [-0.1, -0.05) is 178 Å². The minimum absolute atomic E-state index is 0.217. The van der Waals surface area contributed by atoms with Gasteiger partial charge in [0.25, 0.3) is 0 Å². The minimum atomic E-state index is -0.217. The second-order valence-electron chi connectivity index (χ2n) is 14.8. The molecule has 0 heteroatoms.